The Labute approximate surface area is 99.5 Å². The molecule has 3 nitrogen and oxygen atoms in total. The fourth-order valence-electron chi connectivity index (χ4n) is 1.76. The topological polar surface area (TPSA) is 41.5 Å². The van der Waals surface area contributed by atoms with Crippen molar-refractivity contribution < 1.29 is 4.79 Å². The maximum atomic E-state index is 11.7. The van der Waals surface area contributed by atoms with Crippen molar-refractivity contribution in [1.29, 1.82) is 0 Å². The minimum Gasteiger partial charge on any atom is -0.272 e. The Kier molecular flexibility index (Phi) is 2.72. The number of amides is 1. The van der Waals surface area contributed by atoms with Gasteiger partial charge in [-0.15, -0.1) is 0 Å². The Morgan fingerprint density at radius 1 is 1.38 bits per heavy atom. The molecule has 1 aliphatic rings. The number of hydrogen-bond acceptors (Lipinski definition) is 2. The number of nitrogens with zero attached hydrogens (tertiary/aromatic N) is 1. The number of nitrogens with one attached hydrogen (secondary N) is 1. The van der Waals surface area contributed by atoms with Gasteiger partial charge in [0.1, 0.15) is 0 Å². The van der Waals surface area contributed by atoms with Crippen LogP contribution in [0.15, 0.2) is 29.4 Å². The summed E-state index contributed by atoms with van der Waals surface area (Å²) in [5.41, 5.74) is 3.89. The third-order valence-electron chi connectivity index (χ3n) is 3.10. The van der Waals surface area contributed by atoms with Gasteiger partial charge in [-0.1, -0.05) is 23.7 Å². The molecule has 1 aromatic rings. The monoisotopic (exact) mass is 236 g/mol. The fourth-order valence-corrected chi connectivity index (χ4v) is 1.89. The first-order chi connectivity index (χ1) is 7.52. The standard InChI is InChI=1S/C12H13ClN2O/c1-8-12(2,11(16)15-14-8)7-9-3-5-10(13)6-4-9/h3-6H,7H2,1-2H3,(H,15,16)/t12-/m1/s1. The molecule has 1 heterocycles. The van der Waals surface area contributed by atoms with Gasteiger partial charge < -0.3 is 0 Å². The van der Waals surface area contributed by atoms with Crippen molar-refractivity contribution in [1.82, 2.24) is 5.43 Å². The van der Waals surface area contributed by atoms with Crippen molar-refractivity contribution in [2.75, 3.05) is 0 Å². The minimum absolute atomic E-state index is 0.0417. The van der Waals surface area contributed by atoms with Gasteiger partial charge in [-0.25, -0.2) is 5.43 Å². The van der Waals surface area contributed by atoms with Crippen LogP contribution in [0.25, 0.3) is 0 Å². The molecule has 0 saturated heterocycles. The molecule has 1 atom stereocenters. The van der Waals surface area contributed by atoms with Crippen LogP contribution in [0.2, 0.25) is 5.02 Å². The summed E-state index contributed by atoms with van der Waals surface area (Å²) in [5.74, 6) is -0.0417. The van der Waals surface area contributed by atoms with E-state index in [4.69, 9.17) is 11.6 Å². The number of carbonyl (C=O) groups is 1. The zero-order valence-corrected chi connectivity index (χ0v) is 10.0. The molecule has 0 aromatic heterocycles. The van der Waals surface area contributed by atoms with Crippen LogP contribution >= 0.6 is 11.6 Å². The maximum absolute atomic E-state index is 11.7. The van der Waals surface area contributed by atoms with Gasteiger partial charge in [0.2, 0.25) is 0 Å². The number of rotatable bonds is 2. The molecule has 0 saturated carbocycles. The molecule has 0 spiro atoms. The molecule has 2 rings (SSSR count). The molecule has 16 heavy (non-hydrogen) atoms. The smallest absolute Gasteiger partial charge is 0.252 e. The lowest BCUT2D eigenvalue weighted by atomic mass is 9.80. The van der Waals surface area contributed by atoms with Crippen molar-refractivity contribution in [2.45, 2.75) is 20.3 Å². The molecular weight excluding hydrogens is 224 g/mol. The van der Waals surface area contributed by atoms with E-state index in [1.165, 1.54) is 0 Å². The van der Waals surface area contributed by atoms with Crippen LogP contribution in [0.5, 0.6) is 0 Å². The van der Waals surface area contributed by atoms with Crippen LogP contribution in [0, 0.1) is 5.41 Å². The van der Waals surface area contributed by atoms with E-state index in [0.29, 0.717) is 11.4 Å². The molecule has 4 heteroatoms. The second-order valence-electron chi connectivity index (χ2n) is 4.27. The average Bonchev–Trinajstić information content (AvgIpc) is 2.50. The normalized spacial score (nSPS) is 24.2. The van der Waals surface area contributed by atoms with Crippen LogP contribution in [0.4, 0.5) is 0 Å². The second kappa shape index (κ2) is 3.91. The number of halogens is 1. The predicted molar refractivity (Wildman–Crippen MR) is 64.5 cm³/mol. The minimum atomic E-state index is -0.534. The second-order valence-corrected chi connectivity index (χ2v) is 4.71. The van der Waals surface area contributed by atoms with Gasteiger partial charge >= 0.3 is 0 Å². The highest BCUT2D eigenvalue weighted by Crippen LogP contribution is 2.28. The van der Waals surface area contributed by atoms with Crippen molar-refractivity contribution in [3.63, 3.8) is 0 Å². The molecular formula is C12H13ClN2O. The van der Waals surface area contributed by atoms with E-state index < -0.39 is 5.41 Å². The molecule has 1 aromatic carbocycles. The lowest BCUT2D eigenvalue weighted by Gasteiger charge is -2.21. The zero-order chi connectivity index (χ0) is 11.8. The van der Waals surface area contributed by atoms with Gasteiger partial charge in [0.25, 0.3) is 5.91 Å². The van der Waals surface area contributed by atoms with Crippen molar-refractivity contribution in [3.05, 3.63) is 34.9 Å². The third kappa shape index (κ3) is 1.83. The zero-order valence-electron chi connectivity index (χ0n) is 9.25. The van der Waals surface area contributed by atoms with Crippen LogP contribution in [-0.2, 0) is 11.2 Å². The summed E-state index contributed by atoms with van der Waals surface area (Å²) in [7, 11) is 0. The number of benzene rings is 1. The Balaban J connectivity index is 2.24. The highest BCUT2D eigenvalue weighted by molar-refractivity contribution is 6.30. The molecule has 0 aliphatic carbocycles. The maximum Gasteiger partial charge on any atom is 0.252 e. The van der Waals surface area contributed by atoms with Crippen LogP contribution in [0.1, 0.15) is 19.4 Å². The van der Waals surface area contributed by atoms with Gasteiger partial charge in [0.05, 0.1) is 11.1 Å². The summed E-state index contributed by atoms with van der Waals surface area (Å²) in [5, 5.41) is 4.68. The number of hydrazone groups is 1. The Morgan fingerprint density at radius 2 is 2.00 bits per heavy atom. The third-order valence-corrected chi connectivity index (χ3v) is 3.35. The van der Waals surface area contributed by atoms with Gasteiger partial charge in [-0.3, -0.25) is 4.79 Å². The summed E-state index contributed by atoms with van der Waals surface area (Å²) >= 11 is 5.82. The Hall–Kier alpha value is -1.35. The van der Waals surface area contributed by atoms with Gasteiger partial charge in [0.15, 0.2) is 0 Å². The first-order valence-corrected chi connectivity index (χ1v) is 5.50. The van der Waals surface area contributed by atoms with Crippen molar-refractivity contribution >= 4 is 23.2 Å². The molecule has 84 valence electrons. The molecule has 1 N–H and O–H groups in total. The van der Waals surface area contributed by atoms with Crippen molar-refractivity contribution in [2.24, 2.45) is 10.5 Å². The number of carbonyl (C=O) groups excluding carboxylic acids is 1. The van der Waals surface area contributed by atoms with Crippen LogP contribution in [-0.4, -0.2) is 11.6 Å². The van der Waals surface area contributed by atoms with E-state index in [1.807, 2.05) is 38.1 Å². The van der Waals surface area contributed by atoms with E-state index >= 15 is 0 Å². The van der Waals surface area contributed by atoms with Crippen LogP contribution < -0.4 is 5.43 Å². The summed E-state index contributed by atoms with van der Waals surface area (Å²) < 4.78 is 0. The van der Waals surface area contributed by atoms with E-state index in [2.05, 4.69) is 10.5 Å². The summed E-state index contributed by atoms with van der Waals surface area (Å²) in [4.78, 5) is 11.7. The fraction of sp³-hybridized carbons (Fsp3) is 0.333. The molecule has 0 unspecified atom stereocenters. The highest BCUT2D eigenvalue weighted by atomic mass is 35.5. The molecule has 1 amide bonds. The van der Waals surface area contributed by atoms with Crippen molar-refractivity contribution in [3.8, 4) is 0 Å². The summed E-state index contributed by atoms with van der Waals surface area (Å²) in [6.07, 6.45) is 0.644. The number of hydrogen-bond donors (Lipinski definition) is 1. The lowest BCUT2D eigenvalue weighted by Crippen LogP contribution is -2.36. The molecule has 1 aliphatic heterocycles. The Morgan fingerprint density at radius 3 is 2.50 bits per heavy atom. The molecule has 0 bridgehead atoms. The summed E-state index contributed by atoms with van der Waals surface area (Å²) in [6, 6.07) is 7.54. The summed E-state index contributed by atoms with van der Waals surface area (Å²) in [6.45, 7) is 3.77. The molecule has 0 fully saturated rings. The lowest BCUT2D eigenvalue weighted by molar-refractivity contribution is -0.125. The molecule has 0 radical (unpaired) electrons. The largest absolute Gasteiger partial charge is 0.272 e. The van der Waals surface area contributed by atoms with E-state index in [1.54, 1.807) is 0 Å². The van der Waals surface area contributed by atoms with Gasteiger partial charge in [0, 0.05) is 5.02 Å². The SMILES string of the molecule is CC1=NNC(=O)[C@]1(C)Cc1ccc(Cl)cc1. The van der Waals surface area contributed by atoms with E-state index in [-0.39, 0.29) is 5.91 Å². The quantitative estimate of drug-likeness (QED) is 0.842. The van der Waals surface area contributed by atoms with E-state index in [0.717, 1.165) is 11.3 Å². The predicted octanol–water partition coefficient (Wildman–Crippen LogP) is 2.39. The average molecular weight is 237 g/mol. The highest BCUT2D eigenvalue weighted by Gasteiger charge is 2.40. The first kappa shape index (κ1) is 11.1. The first-order valence-electron chi connectivity index (χ1n) is 5.12. The van der Waals surface area contributed by atoms with E-state index in [9.17, 15) is 4.79 Å². The van der Waals surface area contributed by atoms with Crippen LogP contribution in [0.3, 0.4) is 0 Å². The van der Waals surface area contributed by atoms with Gasteiger partial charge in [-0.05, 0) is 38.0 Å². The van der Waals surface area contributed by atoms with Gasteiger partial charge in [-0.2, -0.15) is 5.10 Å². The Bertz CT molecular complexity index is 453.